The Morgan fingerprint density at radius 3 is 2.43 bits per heavy atom. The van der Waals surface area contributed by atoms with Crippen molar-refractivity contribution in [3.05, 3.63) is 0 Å². The van der Waals surface area contributed by atoms with Gasteiger partial charge < -0.3 is 29.2 Å². The Morgan fingerprint density at radius 1 is 1.00 bits per heavy atom. The van der Waals surface area contributed by atoms with Crippen LogP contribution in [0.5, 0.6) is 0 Å². The van der Waals surface area contributed by atoms with Crippen LogP contribution in [0.15, 0.2) is 4.99 Å². The van der Waals surface area contributed by atoms with Crippen LogP contribution in [0.25, 0.3) is 0 Å². The summed E-state index contributed by atoms with van der Waals surface area (Å²) in [5, 5.41) is 3.44. The Labute approximate surface area is 199 Å². The Morgan fingerprint density at radius 2 is 1.73 bits per heavy atom. The van der Waals surface area contributed by atoms with Crippen LogP contribution >= 0.6 is 24.0 Å². The number of hydrogen-bond acceptors (Lipinski definition) is 5. The molecule has 176 valence electrons. The first-order valence-electron chi connectivity index (χ1n) is 11.8. The van der Waals surface area contributed by atoms with Crippen molar-refractivity contribution in [3.8, 4) is 0 Å². The molecule has 8 heteroatoms. The molecule has 3 rings (SSSR count). The topological polar surface area (TPSA) is 64.6 Å². The molecule has 2 unspecified atom stereocenters. The molecule has 2 atom stereocenters. The number of ether oxygens (including phenoxy) is 4. The van der Waals surface area contributed by atoms with Crippen molar-refractivity contribution in [1.82, 2.24) is 10.2 Å². The molecule has 0 saturated carbocycles. The minimum absolute atomic E-state index is 0. The molecule has 30 heavy (non-hydrogen) atoms. The van der Waals surface area contributed by atoms with Crippen LogP contribution in [0, 0.1) is 0 Å². The predicted molar refractivity (Wildman–Crippen MR) is 130 cm³/mol. The van der Waals surface area contributed by atoms with E-state index in [0.29, 0.717) is 18.3 Å². The maximum atomic E-state index is 6.14. The normalized spacial score (nSPS) is 25.9. The van der Waals surface area contributed by atoms with Gasteiger partial charge in [-0.15, -0.1) is 24.0 Å². The van der Waals surface area contributed by atoms with Gasteiger partial charge in [0.25, 0.3) is 0 Å². The summed E-state index contributed by atoms with van der Waals surface area (Å²) < 4.78 is 23.2. The van der Waals surface area contributed by atoms with Gasteiger partial charge in [0.15, 0.2) is 5.96 Å². The van der Waals surface area contributed by atoms with Gasteiger partial charge in [-0.2, -0.15) is 0 Å². The van der Waals surface area contributed by atoms with E-state index in [1.54, 1.807) is 0 Å². The molecule has 0 aromatic heterocycles. The summed E-state index contributed by atoms with van der Waals surface area (Å²) in [7, 11) is 0. The van der Waals surface area contributed by atoms with Gasteiger partial charge in [-0.05, 0) is 58.3 Å². The van der Waals surface area contributed by atoms with Gasteiger partial charge >= 0.3 is 0 Å². The number of nitrogens with zero attached hydrogens (tertiary/aromatic N) is 2. The maximum absolute atomic E-state index is 6.14. The lowest BCUT2D eigenvalue weighted by Gasteiger charge is -2.35. The second-order valence-corrected chi connectivity index (χ2v) is 8.31. The van der Waals surface area contributed by atoms with Crippen molar-refractivity contribution in [2.45, 2.75) is 76.6 Å². The molecule has 0 spiro atoms. The minimum Gasteiger partial charge on any atom is -0.379 e. The molecule has 0 radical (unpaired) electrons. The Balaban J connectivity index is 0.00000320. The van der Waals surface area contributed by atoms with Crippen LogP contribution in [0.3, 0.4) is 0 Å². The number of nitrogens with one attached hydrogen (secondary N) is 1. The number of rotatable bonds is 10. The van der Waals surface area contributed by atoms with Gasteiger partial charge in [-0.1, -0.05) is 0 Å². The van der Waals surface area contributed by atoms with Crippen LogP contribution in [-0.2, 0) is 18.9 Å². The zero-order valence-electron chi connectivity index (χ0n) is 18.7. The molecule has 0 bridgehead atoms. The average molecular weight is 539 g/mol. The third kappa shape index (κ3) is 9.54. The van der Waals surface area contributed by atoms with Crippen molar-refractivity contribution >= 4 is 29.9 Å². The first kappa shape index (κ1) is 26.1. The van der Waals surface area contributed by atoms with Crippen LogP contribution in [0.4, 0.5) is 0 Å². The standard InChI is InChI=1S/C22H41N3O4.HI/c1-2-23-22(24-11-6-14-26-17-20-8-5-16-28-20)25-12-9-19(10-13-25)29-18-21-7-3-4-15-27-21;/h19-21H,2-18H2,1H3,(H,23,24);1H. The lowest BCUT2D eigenvalue weighted by molar-refractivity contribution is -0.0721. The highest BCUT2D eigenvalue weighted by Gasteiger charge is 2.23. The molecular formula is C22H42IN3O4. The number of guanidine groups is 1. The third-order valence-electron chi connectivity index (χ3n) is 5.90. The molecule has 0 aromatic carbocycles. The molecule has 3 fully saturated rings. The first-order valence-corrected chi connectivity index (χ1v) is 11.8. The van der Waals surface area contributed by atoms with E-state index in [0.717, 1.165) is 97.3 Å². The molecule has 0 aromatic rings. The molecule has 0 aliphatic carbocycles. The minimum atomic E-state index is 0. The van der Waals surface area contributed by atoms with Crippen LogP contribution in [0.1, 0.15) is 58.3 Å². The fourth-order valence-electron chi connectivity index (χ4n) is 4.18. The zero-order chi connectivity index (χ0) is 20.2. The maximum Gasteiger partial charge on any atom is 0.193 e. The molecular weight excluding hydrogens is 497 g/mol. The molecule has 3 aliphatic rings. The van der Waals surface area contributed by atoms with E-state index >= 15 is 0 Å². The van der Waals surface area contributed by atoms with Gasteiger partial charge in [-0.3, -0.25) is 4.99 Å². The van der Waals surface area contributed by atoms with Crippen LogP contribution in [-0.4, -0.2) is 88.4 Å². The molecule has 3 heterocycles. The van der Waals surface area contributed by atoms with E-state index in [-0.39, 0.29) is 24.0 Å². The van der Waals surface area contributed by atoms with Crippen molar-refractivity contribution in [2.75, 3.05) is 59.2 Å². The number of halogens is 1. The quantitative estimate of drug-likeness (QED) is 0.199. The Hall–Kier alpha value is -0.160. The third-order valence-corrected chi connectivity index (χ3v) is 5.90. The van der Waals surface area contributed by atoms with E-state index < -0.39 is 0 Å². The molecule has 7 nitrogen and oxygen atoms in total. The summed E-state index contributed by atoms with van der Waals surface area (Å²) >= 11 is 0. The largest absolute Gasteiger partial charge is 0.379 e. The molecule has 1 N–H and O–H groups in total. The SMILES string of the molecule is CCNC(=NCCCOCC1CCCO1)N1CCC(OCC2CCCCO2)CC1.I. The fraction of sp³-hybridized carbons (Fsp3) is 0.955. The highest BCUT2D eigenvalue weighted by atomic mass is 127. The number of hydrogen-bond donors (Lipinski definition) is 1. The van der Waals surface area contributed by atoms with E-state index in [4.69, 9.17) is 23.9 Å². The molecule has 0 amide bonds. The molecule has 3 saturated heterocycles. The number of likely N-dealkylation sites (tertiary alicyclic amines) is 1. The van der Waals surface area contributed by atoms with E-state index in [1.807, 2.05) is 0 Å². The predicted octanol–water partition coefficient (Wildman–Crippen LogP) is 3.21. The summed E-state index contributed by atoms with van der Waals surface area (Å²) in [6.45, 7) is 9.83. The summed E-state index contributed by atoms with van der Waals surface area (Å²) in [6.07, 6.45) is 9.95. The lowest BCUT2D eigenvalue weighted by Crippen LogP contribution is -2.47. The van der Waals surface area contributed by atoms with Crippen molar-refractivity contribution < 1.29 is 18.9 Å². The Bertz CT molecular complexity index is 463. The van der Waals surface area contributed by atoms with E-state index in [9.17, 15) is 0 Å². The highest BCUT2D eigenvalue weighted by molar-refractivity contribution is 14.0. The van der Waals surface area contributed by atoms with Gasteiger partial charge in [0.1, 0.15) is 0 Å². The second kappa shape index (κ2) is 15.6. The van der Waals surface area contributed by atoms with Gasteiger partial charge in [0, 0.05) is 46.0 Å². The lowest BCUT2D eigenvalue weighted by atomic mass is 10.1. The summed E-state index contributed by atoms with van der Waals surface area (Å²) in [6, 6.07) is 0. The second-order valence-electron chi connectivity index (χ2n) is 8.31. The zero-order valence-corrected chi connectivity index (χ0v) is 21.0. The van der Waals surface area contributed by atoms with Gasteiger partial charge in [-0.25, -0.2) is 0 Å². The van der Waals surface area contributed by atoms with Gasteiger partial charge in [0.2, 0.25) is 0 Å². The smallest absolute Gasteiger partial charge is 0.193 e. The summed E-state index contributed by atoms with van der Waals surface area (Å²) in [5.74, 6) is 1.03. The number of aliphatic imine (C=N–C) groups is 1. The Kier molecular flexibility index (Phi) is 13.6. The highest BCUT2D eigenvalue weighted by Crippen LogP contribution is 2.18. The monoisotopic (exact) mass is 539 g/mol. The average Bonchev–Trinajstić information content (AvgIpc) is 3.29. The summed E-state index contributed by atoms with van der Waals surface area (Å²) in [5.41, 5.74) is 0. The van der Waals surface area contributed by atoms with Crippen molar-refractivity contribution in [1.29, 1.82) is 0 Å². The van der Waals surface area contributed by atoms with E-state index in [1.165, 1.54) is 19.3 Å². The molecule has 3 aliphatic heterocycles. The summed E-state index contributed by atoms with van der Waals surface area (Å²) in [4.78, 5) is 7.18. The van der Waals surface area contributed by atoms with Crippen molar-refractivity contribution in [2.24, 2.45) is 4.99 Å². The van der Waals surface area contributed by atoms with E-state index in [2.05, 4.69) is 17.1 Å². The van der Waals surface area contributed by atoms with Crippen LogP contribution < -0.4 is 5.32 Å². The van der Waals surface area contributed by atoms with Gasteiger partial charge in [0.05, 0.1) is 31.5 Å². The fourth-order valence-corrected chi connectivity index (χ4v) is 4.18. The van der Waals surface area contributed by atoms with Crippen LogP contribution in [0.2, 0.25) is 0 Å². The van der Waals surface area contributed by atoms with Crippen molar-refractivity contribution in [3.63, 3.8) is 0 Å². The first-order chi connectivity index (χ1) is 14.3. The number of piperidine rings is 1.